The lowest BCUT2D eigenvalue weighted by atomic mass is 9.70. The van der Waals surface area contributed by atoms with Crippen LogP contribution < -0.4 is 0 Å². The van der Waals surface area contributed by atoms with E-state index in [0.717, 1.165) is 77.8 Å². The Hall–Kier alpha value is -8.92. The molecule has 12 aromatic rings. The van der Waals surface area contributed by atoms with E-state index in [1.54, 1.807) is 0 Å². The molecule has 3 nitrogen and oxygen atoms in total. The second-order valence-corrected chi connectivity index (χ2v) is 18.0. The average Bonchev–Trinajstić information content (AvgIpc) is 4.05. The van der Waals surface area contributed by atoms with Gasteiger partial charge < -0.3 is 4.42 Å². The van der Waals surface area contributed by atoms with Crippen molar-refractivity contribution in [1.82, 2.24) is 9.97 Å². The quantitative estimate of drug-likeness (QED) is 0.167. The highest BCUT2D eigenvalue weighted by Gasteiger charge is 2.51. The number of hydrogen-bond acceptors (Lipinski definition) is 3. The second kappa shape index (κ2) is 15.1. The third-order valence-electron chi connectivity index (χ3n) is 14.3. The van der Waals surface area contributed by atoms with E-state index in [1.807, 2.05) is 30.3 Å². The molecule has 0 amide bonds. The number of hydrogen-bond donors (Lipinski definition) is 0. The molecule has 0 saturated carbocycles. The van der Waals surface area contributed by atoms with Gasteiger partial charge in [-0.3, -0.25) is 0 Å². The lowest BCUT2D eigenvalue weighted by molar-refractivity contribution is 0.669. The van der Waals surface area contributed by atoms with E-state index in [0.29, 0.717) is 5.82 Å². The molecule has 0 radical (unpaired) electrons. The van der Waals surface area contributed by atoms with Gasteiger partial charge in [-0.15, -0.1) is 0 Å². The Morgan fingerprint density at radius 1 is 0.265 bits per heavy atom. The molecule has 0 atom stereocenters. The van der Waals surface area contributed by atoms with Crippen molar-refractivity contribution in [3.8, 4) is 89.5 Å². The Kier molecular flexibility index (Phi) is 8.50. The zero-order valence-electron chi connectivity index (χ0n) is 36.9. The summed E-state index contributed by atoms with van der Waals surface area (Å²) in [6.07, 6.45) is 0. The van der Waals surface area contributed by atoms with Crippen LogP contribution in [0.25, 0.3) is 111 Å². The van der Waals surface area contributed by atoms with Crippen molar-refractivity contribution in [2.45, 2.75) is 5.41 Å². The van der Waals surface area contributed by atoms with Gasteiger partial charge in [-0.2, -0.15) is 0 Å². The fourth-order valence-corrected chi connectivity index (χ4v) is 11.2. The Balaban J connectivity index is 0.882. The highest BCUT2D eigenvalue weighted by atomic mass is 16.3. The minimum atomic E-state index is -0.355. The molecule has 2 heterocycles. The Morgan fingerprint density at radius 2 is 0.721 bits per heavy atom. The topological polar surface area (TPSA) is 38.9 Å². The molecule has 1 spiro atoms. The zero-order valence-corrected chi connectivity index (χ0v) is 36.9. The SMILES string of the molecule is c1ccc(-c2cc(-c3ccc4oc5ccccc5c4c3)cc(-c3cc(-c4ccc(-c5ccc6c(c5)-c5ccccc5C65c6ccccc6-c6ccccc65)cc4)nc(-c4ccccc4)n3)c2)cc1. The van der Waals surface area contributed by atoms with Crippen LogP contribution in [0.15, 0.2) is 247 Å². The van der Waals surface area contributed by atoms with Gasteiger partial charge >= 0.3 is 0 Å². The number of para-hydroxylation sites is 1. The van der Waals surface area contributed by atoms with Crippen LogP contribution in [-0.4, -0.2) is 9.97 Å². The predicted octanol–water partition coefficient (Wildman–Crippen LogP) is 16.7. The second-order valence-electron chi connectivity index (χ2n) is 18.0. The molecule has 10 aromatic carbocycles. The maximum atomic E-state index is 6.22. The van der Waals surface area contributed by atoms with Crippen LogP contribution >= 0.6 is 0 Å². The molecular weight excluding hydrogens is 825 g/mol. The van der Waals surface area contributed by atoms with Crippen LogP contribution in [0.4, 0.5) is 0 Å². The van der Waals surface area contributed by atoms with Crippen molar-refractivity contribution in [1.29, 1.82) is 0 Å². The predicted molar refractivity (Wildman–Crippen MR) is 278 cm³/mol. The van der Waals surface area contributed by atoms with Gasteiger partial charge in [-0.25, -0.2) is 9.97 Å². The fourth-order valence-electron chi connectivity index (χ4n) is 11.2. The van der Waals surface area contributed by atoms with Crippen molar-refractivity contribution in [3.63, 3.8) is 0 Å². The van der Waals surface area contributed by atoms with E-state index in [-0.39, 0.29) is 5.41 Å². The largest absolute Gasteiger partial charge is 0.456 e. The molecular formula is C65H40N2O. The average molecular weight is 865 g/mol. The summed E-state index contributed by atoms with van der Waals surface area (Å²) in [7, 11) is 0. The van der Waals surface area contributed by atoms with E-state index in [1.165, 1.54) is 50.1 Å². The molecule has 68 heavy (non-hydrogen) atoms. The van der Waals surface area contributed by atoms with Crippen molar-refractivity contribution in [3.05, 3.63) is 265 Å². The Labute approximate surface area is 394 Å². The van der Waals surface area contributed by atoms with Gasteiger partial charge in [0.15, 0.2) is 5.82 Å². The molecule has 0 saturated heterocycles. The van der Waals surface area contributed by atoms with Gasteiger partial charge in [-0.1, -0.05) is 194 Å². The summed E-state index contributed by atoms with van der Waals surface area (Å²) in [4.78, 5) is 10.5. The molecule has 3 heteroatoms. The summed E-state index contributed by atoms with van der Waals surface area (Å²) in [5.74, 6) is 0.682. The number of nitrogens with zero attached hydrogens (tertiary/aromatic N) is 2. The van der Waals surface area contributed by atoms with Crippen molar-refractivity contribution >= 4 is 21.9 Å². The van der Waals surface area contributed by atoms with Crippen LogP contribution in [0.2, 0.25) is 0 Å². The van der Waals surface area contributed by atoms with Gasteiger partial charge in [0.1, 0.15) is 11.2 Å². The third-order valence-corrected chi connectivity index (χ3v) is 14.3. The van der Waals surface area contributed by atoms with E-state index >= 15 is 0 Å². The van der Waals surface area contributed by atoms with E-state index in [2.05, 4.69) is 212 Å². The van der Waals surface area contributed by atoms with Crippen LogP contribution in [0.5, 0.6) is 0 Å². The number of fused-ring (bicyclic) bond motifs is 13. The lowest BCUT2D eigenvalue weighted by Gasteiger charge is -2.30. The zero-order chi connectivity index (χ0) is 44.8. The number of benzene rings is 10. The first kappa shape index (κ1) is 38.4. The standard InChI is InChI=1S/C65H40N2O/c1-3-15-41(16-4-1)47-35-48(46-32-34-63-55(39-46)53-22-10-14-26-62(53)68-63)37-49(36-47)61-40-60(66-64(67-61)44-17-5-2-6-18-44)43-29-27-42(28-30-43)45-31-33-59-54(38-45)52-21-9-13-25-58(52)65(59)56-23-11-7-19-50(56)51-20-8-12-24-57(51)65/h1-40H. The van der Waals surface area contributed by atoms with Crippen molar-refractivity contribution in [2.75, 3.05) is 0 Å². The normalized spacial score (nSPS) is 12.8. The van der Waals surface area contributed by atoms with Gasteiger partial charge in [0.2, 0.25) is 0 Å². The molecule has 316 valence electrons. The first-order chi connectivity index (χ1) is 33.7. The van der Waals surface area contributed by atoms with Gasteiger partial charge in [0, 0.05) is 27.5 Å². The Bertz CT molecular complexity index is 3910. The van der Waals surface area contributed by atoms with Gasteiger partial charge in [0.05, 0.1) is 16.8 Å². The van der Waals surface area contributed by atoms with Crippen LogP contribution in [0, 0.1) is 0 Å². The minimum Gasteiger partial charge on any atom is -0.456 e. The fraction of sp³-hybridized carbons (Fsp3) is 0.0154. The third kappa shape index (κ3) is 5.86. The molecule has 0 bridgehead atoms. The molecule has 2 aliphatic rings. The minimum absolute atomic E-state index is 0.355. The first-order valence-electron chi connectivity index (χ1n) is 23.3. The maximum absolute atomic E-state index is 6.22. The molecule has 14 rings (SSSR count). The smallest absolute Gasteiger partial charge is 0.160 e. The summed E-state index contributed by atoms with van der Waals surface area (Å²) in [5.41, 5.74) is 23.6. The number of aromatic nitrogens is 2. The monoisotopic (exact) mass is 864 g/mol. The first-order valence-corrected chi connectivity index (χ1v) is 23.3. The van der Waals surface area contributed by atoms with E-state index in [9.17, 15) is 0 Å². The van der Waals surface area contributed by atoms with E-state index < -0.39 is 0 Å². The number of furan rings is 1. The highest BCUT2D eigenvalue weighted by molar-refractivity contribution is 6.06. The molecule has 2 aromatic heterocycles. The lowest BCUT2D eigenvalue weighted by Crippen LogP contribution is -2.25. The van der Waals surface area contributed by atoms with Gasteiger partial charge in [-0.05, 0) is 126 Å². The van der Waals surface area contributed by atoms with Gasteiger partial charge in [0.25, 0.3) is 0 Å². The Morgan fingerprint density at radius 3 is 1.41 bits per heavy atom. The van der Waals surface area contributed by atoms with Crippen molar-refractivity contribution in [2.24, 2.45) is 0 Å². The van der Waals surface area contributed by atoms with Crippen LogP contribution in [-0.2, 0) is 5.41 Å². The van der Waals surface area contributed by atoms with Crippen LogP contribution in [0.1, 0.15) is 22.3 Å². The summed E-state index contributed by atoms with van der Waals surface area (Å²) in [5, 5.41) is 2.21. The molecule has 0 aliphatic heterocycles. The molecule has 2 aliphatic carbocycles. The summed E-state index contributed by atoms with van der Waals surface area (Å²) >= 11 is 0. The molecule has 0 N–H and O–H groups in total. The molecule has 0 unspecified atom stereocenters. The van der Waals surface area contributed by atoms with E-state index in [4.69, 9.17) is 14.4 Å². The number of rotatable bonds is 6. The summed E-state index contributed by atoms with van der Waals surface area (Å²) < 4.78 is 6.22. The molecule has 0 fully saturated rings. The summed E-state index contributed by atoms with van der Waals surface area (Å²) in [6, 6.07) is 87.5. The summed E-state index contributed by atoms with van der Waals surface area (Å²) in [6.45, 7) is 0. The van der Waals surface area contributed by atoms with Crippen molar-refractivity contribution < 1.29 is 4.42 Å². The highest BCUT2D eigenvalue weighted by Crippen LogP contribution is 2.63. The maximum Gasteiger partial charge on any atom is 0.160 e. The van der Waals surface area contributed by atoms with Crippen LogP contribution in [0.3, 0.4) is 0 Å².